The SMILES string of the molecule is CCn1cc(N)c(C(=O)Nc2c(C)nn(C(C)C)c2C)n1. The normalized spacial score (nSPS) is 11.1. The highest BCUT2D eigenvalue weighted by molar-refractivity contribution is 6.06. The number of aromatic nitrogens is 4. The topological polar surface area (TPSA) is 90.8 Å². The van der Waals surface area contributed by atoms with Gasteiger partial charge in [0.25, 0.3) is 5.91 Å². The van der Waals surface area contributed by atoms with Crippen LogP contribution in [0.2, 0.25) is 0 Å². The minimum absolute atomic E-state index is 0.235. The Morgan fingerprint density at radius 2 is 2.05 bits per heavy atom. The fourth-order valence-electron chi connectivity index (χ4n) is 2.29. The highest BCUT2D eigenvalue weighted by Gasteiger charge is 2.19. The molecule has 0 fully saturated rings. The zero-order valence-corrected chi connectivity index (χ0v) is 13.1. The van der Waals surface area contributed by atoms with E-state index in [1.807, 2.05) is 39.3 Å². The summed E-state index contributed by atoms with van der Waals surface area (Å²) in [6.07, 6.45) is 1.66. The predicted molar refractivity (Wildman–Crippen MR) is 82.4 cm³/mol. The van der Waals surface area contributed by atoms with Crippen molar-refractivity contribution in [3.05, 3.63) is 23.3 Å². The minimum atomic E-state index is -0.311. The fraction of sp³-hybridized carbons (Fsp3) is 0.500. The van der Waals surface area contributed by atoms with Gasteiger partial charge in [0.1, 0.15) is 0 Å². The number of anilines is 2. The van der Waals surface area contributed by atoms with Gasteiger partial charge in [0.2, 0.25) is 0 Å². The van der Waals surface area contributed by atoms with E-state index in [4.69, 9.17) is 5.73 Å². The van der Waals surface area contributed by atoms with Crippen LogP contribution >= 0.6 is 0 Å². The molecule has 0 saturated carbocycles. The van der Waals surface area contributed by atoms with Crippen LogP contribution in [0.1, 0.15) is 48.7 Å². The Morgan fingerprint density at radius 3 is 2.52 bits per heavy atom. The summed E-state index contributed by atoms with van der Waals surface area (Å²) in [5, 5.41) is 11.5. The van der Waals surface area contributed by atoms with Gasteiger partial charge in [-0.3, -0.25) is 14.2 Å². The molecule has 3 N–H and O–H groups in total. The third-order valence-electron chi connectivity index (χ3n) is 3.38. The number of hydrogen-bond donors (Lipinski definition) is 2. The second-order valence-electron chi connectivity index (χ2n) is 5.33. The monoisotopic (exact) mass is 290 g/mol. The van der Waals surface area contributed by atoms with E-state index in [0.717, 1.165) is 17.1 Å². The Balaban J connectivity index is 2.29. The first-order valence-corrected chi connectivity index (χ1v) is 7.05. The van der Waals surface area contributed by atoms with E-state index in [0.29, 0.717) is 12.2 Å². The van der Waals surface area contributed by atoms with Crippen molar-refractivity contribution >= 4 is 17.3 Å². The molecule has 0 bridgehead atoms. The quantitative estimate of drug-likeness (QED) is 0.902. The average Bonchev–Trinajstić information content (AvgIpc) is 2.93. The molecule has 0 aliphatic carbocycles. The largest absolute Gasteiger partial charge is 0.396 e. The van der Waals surface area contributed by atoms with Gasteiger partial charge in [-0.25, -0.2) is 0 Å². The lowest BCUT2D eigenvalue weighted by atomic mass is 10.2. The summed E-state index contributed by atoms with van der Waals surface area (Å²) in [5.74, 6) is -0.311. The van der Waals surface area contributed by atoms with Crippen molar-refractivity contribution in [3.8, 4) is 0 Å². The summed E-state index contributed by atoms with van der Waals surface area (Å²) in [6, 6.07) is 0.235. The first-order chi connectivity index (χ1) is 9.85. The highest BCUT2D eigenvalue weighted by Crippen LogP contribution is 2.23. The third-order valence-corrected chi connectivity index (χ3v) is 3.38. The summed E-state index contributed by atoms with van der Waals surface area (Å²) in [7, 11) is 0. The molecule has 21 heavy (non-hydrogen) atoms. The first kappa shape index (κ1) is 15.1. The maximum Gasteiger partial charge on any atom is 0.278 e. The molecule has 1 amide bonds. The lowest BCUT2D eigenvalue weighted by Gasteiger charge is -2.09. The minimum Gasteiger partial charge on any atom is -0.396 e. The van der Waals surface area contributed by atoms with E-state index in [1.165, 1.54) is 0 Å². The lowest BCUT2D eigenvalue weighted by molar-refractivity contribution is 0.102. The van der Waals surface area contributed by atoms with Gasteiger partial charge < -0.3 is 11.1 Å². The summed E-state index contributed by atoms with van der Waals surface area (Å²) in [6.45, 7) is 10.5. The van der Waals surface area contributed by atoms with Crippen LogP contribution in [0.15, 0.2) is 6.20 Å². The number of hydrogen-bond acceptors (Lipinski definition) is 4. The average molecular weight is 290 g/mol. The molecular weight excluding hydrogens is 268 g/mol. The van der Waals surface area contributed by atoms with Crippen molar-refractivity contribution in [2.75, 3.05) is 11.1 Å². The van der Waals surface area contributed by atoms with Crippen LogP contribution in [0.5, 0.6) is 0 Å². The van der Waals surface area contributed by atoms with Crippen LogP contribution in [0.25, 0.3) is 0 Å². The van der Waals surface area contributed by atoms with Gasteiger partial charge in [0.05, 0.1) is 22.8 Å². The Labute approximate surface area is 124 Å². The van der Waals surface area contributed by atoms with Crippen LogP contribution in [0.4, 0.5) is 11.4 Å². The third kappa shape index (κ3) is 2.76. The number of rotatable bonds is 4. The molecule has 0 aliphatic rings. The van der Waals surface area contributed by atoms with Gasteiger partial charge in [0, 0.05) is 18.8 Å². The second-order valence-corrected chi connectivity index (χ2v) is 5.33. The lowest BCUT2D eigenvalue weighted by Crippen LogP contribution is -2.16. The van der Waals surface area contributed by atoms with Gasteiger partial charge in [0.15, 0.2) is 5.69 Å². The smallest absolute Gasteiger partial charge is 0.278 e. The van der Waals surface area contributed by atoms with E-state index in [1.54, 1.807) is 10.9 Å². The molecular formula is C14H22N6O. The number of nitrogens with two attached hydrogens (primary N) is 1. The summed E-state index contributed by atoms with van der Waals surface area (Å²) < 4.78 is 3.53. The molecule has 0 unspecified atom stereocenters. The Hall–Kier alpha value is -2.31. The van der Waals surface area contributed by atoms with Crippen LogP contribution in [-0.4, -0.2) is 25.5 Å². The van der Waals surface area contributed by atoms with Crippen molar-refractivity contribution < 1.29 is 4.79 Å². The molecule has 2 heterocycles. The zero-order chi connectivity index (χ0) is 15.7. The molecule has 0 aliphatic heterocycles. The summed E-state index contributed by atoms with van der Waals surface area (Å²) in [5.41, 5.74) is 8.88. The number of nitrogen functional groups attached to an aromatic ring is 1. The van der Waals surface area contributed by atoms with E-state index in [2.05, 4.69) is 15.5 Å². The summed E-state index contributed by atoms with van der Waals surface area (Å²) >= 11 is 0. The van der Waals surface area contributed by atoms with Gasteiger partial charge >= 0.3 is 0 Å². The summed E-state index contributed by atoms with van der Waals surface area (Å²) in [4.78, 5) is 12.3. The second kappa shape index (κ2) is 5.59. The van der Waals surface area contributed by atoms with Crippen molar-refractivity contribution in [1.82, 2.24) is 19.6 Å². The number of carbonyl (C=O) groups is 1. The van der Waals surface area contributed by atoms with Crippen LogP contribution in [-0.2, 0) is 6.54 Å². The van der Waals surface area contributed by atoms with Crippen molar-refractivity contribution in [1.29, 1.82) is 0 Å². The number of nitrogens with zero attached hydrogens (tertiary/aromatic N) is 4. The van der Waals surface area contributed by atoms with E-state index >= 15 is 0 Å². The molecule has 7 heteroatoms. The van der Waals surface area contributed by atoms with Crippen LogP contribution in [0.3, 0.4) is 0 Å². The number of amides is 1. The number of aryl methyl sites for hydroxylation is 2. The molecule has 0 aromatic carbocycles. The Kier molecular flexibility index (Phi) is 4.02. The number of nitrogens with one attached hydrogen (secondary N) is 1. The fourth-order valence-corrected chi connectivity index (χ4v) is 2.29. The standard InChI is InChI=1S/C14H22N6O/c1-6-19-7-11(15)13(18-19)14(21)16-12-9(4)17-20(8(2)3)10(12)5/h7-8H,6,15H2,1-5H3,(H,16,21). The van der Waals surface area contributed by atoms with Crippen LogP contribution < -0.4 is 11.1 Å². The van der Waals surface area contributed by atoms with Crippen molar-refractivity contribution in [2.45, 2.75) is 47.2 Å². The first-order valence-electron chi connectivity index (χ1n) is 7.05. The predicted octanol–water partition coefficient (Wildman–Crippen LogP) is 2.13. The van der Waals surface area contributed by atoms with Crippen molar-refractivity contribution in [3.63, 3.8) is 0 Å². The molecule has 2 aromatic rings. The van der Waals surface area contributed by atoms with E-state index in [-0.39, 0.29) is 17.6 Å². The molecule has 0 atom stereocenters. The molecule has 114 valence electrons. The molecule has 7 nitrogen and oxygen atoms in total. The van der Waals surface area contributed by atoms with E-state index in [9.17, 15) is 4.79 Å². The zero-order valence-electron chi connectivity index (χ0n) is 13.1. The maximum absolute atomic E-state index is 12.3. The Morgan fingerprint density at radius 1 is 1.38 bits per heavy atom. The maximum atomic E-state index is 12.3. The van der Waals surface area contributed by atoms with Gasteiger partial charge in [-0.1, -0.05) is 0 Å². The molecule has 0 radical (unpaired) electrons. The van der Waals surface area contributed by atoms with Crippen molar-refractivity contribution in [2.24, 2.45) is 0 Å². The highest BCUT2D eigenvalue weighted by atomic mass is 16.2. The molecule has 0 saturated heterocycles. The number of carbonyl (C=O) groups excluding carboxylic acids is 1. The molecule has 2 aromatic heterocycles. The molecule has 2 rings (SSSR count). The van der Waals surface area contributed by atoms with Gasteiger partial charge in [-0.15, -0.1) is 0 Å². The van der Waals surface area contributed by atoms with Gasteiger partial charge in [-0.2, -0.15) is 10.2 Å². The molecule has 0 spiro atoms. The van der Waals surface area contributed by atoms with E-state index < -0.39 is 0 Å². The van der Waals surface area contributed by atoms with Gasteiger partial charge in [-0.05, 0) is 34.6 Å². The Bertz CT molecular complexity index is 667. The van der Waals surface area contributed by atoms with Crippen LogP contribution in [0, 0.1) is 13.8 Å².